The quantitative estimate of drug-likeness (QED) is 0.453. The predicted molar refractivity (Wildman–Crippen MR) is 118 cm³/mol. The molecule has 0 saturated carbocycles. The number of aryl methyl sites for hydroxylation is 1. The topological polar surface area (TPSA) is 50.4 Å². The molecule has 0 aliphatic heterocycles. The molecule has 0 spiro atoms. The first-order valence-corrected chi connectivity index (χ1v) is 9.94. The largest absolute Gasteiger partial charge is 0.483 e. The normalized spacial score (nSPS) is 10.4. The van der Waals surface area contributed by atoms with Crippen LogP contribution in [0.2, 0.25) is 5.02 Å². The van der Waals surface area contributed by atoms with Gasteiger partial charge in [0.2, 0.25) is 0 Å². The highest BCUT2D eigenvalue weighted by Gasteiger charge is 2.09. The Labute approximate surface area is 178 Å². The molecule has 0 aliphatic rings. The highest BCUT2D eigenvalue weighted by molar-refractivity contribution is 9.10. The molecule has 0 heterocycles. The summed E-state index contributed by atoms with van der Waals surface area (Å²) in [5.74, 6) is 0.453. The zero-order chi connectivity index (χ0) is 19.9. The van der Waals surface area contributed by atoms with E-state index >= 15 is 0 Å². The fourth-order valence-corrected chi connectivity index (χ4v) is 3.19. The van der Waals surface area contributed by atoms with E-state index in [4.69, 9.17) is 16.3 Å². The molecule has 0 aromatic heterocycles. The second-order valence-electron chi connectivity index (χ2n) is 6.32. The van der Waals surface area contributed by atoms with Crippen molar-refractivity contribution >= 4 is 44.8 Å². The molecule has 3 rings (SSSR count). The lowest BCUT2D eigenvalue weighted by Gasteiger charge is -2.14. The Balaban J connectivity index is 1.61. The van der Waals surface area contributed by atoms with E-state index in [1.165, 1.54) is 0 Å². The summed E-state index contributed by atoms with van der Waals surface area (Å²) in [6.45, 7) is 2.47. The second-order valence-corrected chi connectivity index (χ2v) is 7.67. The van der Waals surface area contributed by atoms with Crippen molar-refractivity contribution in [2.24, 2.45) is 0 Å². The van der Waals surface area contributed by atoms with Gasteiger partial charge < -0.3 is 15.4 Å². The van der Waals surface area contributed by atoms with Crippen LogP contribution in [0.3, 0.4) is 0 Å². The van der Waals surface area contributed by atoms with Gasteiger partial charge in [-0.3, -0.25) is 4.79 Å². The van der Waals surface area contributed by atoms with Gasteiger partial charge in [-0.1, -0.05) is 39.7 Å². The van der Waals surface area contributed by atoms with E-state index in [9.17, 15) is 4.79 Å². The number of hydrogen-bond acceptors (Lipinski definition) is 3. The van der Waals surface area contributed by atoms with E-state index in [0.717, 1.165) is 27.0 Å². The van der Waals surface area contributed by atoms with Crippen molar-refractivity contribution in [1.82, 2.24) is 0 Å². The molecule has 3 aromatic rings. The van der Waals surface area contributed by atoms with Crippen molar-refractivity contribution < 1.29 is 9.53 Å². The van der Waals surface area contributed by atoms with Gasteiger partial charge in [-0.05, 0) is 67.1 Å². The lowest BCUT2D eigenvalue weighted by molar-refractivity contribution is -0.118. The Morgan fingerprint density at radius 1 is 1.04 bits per heavy atom. The number of benzene rings is 3. The molecular weight excluding hydrogens is 440 g/mol. The van der Waals surface area contributed by atoms with Gasteiger partial charge in [0.25, 0.3) is 5.91 Å². The zero-order valence-electron chi connectivity index (χ0n) is 15.3. The molecule has 6 heteroatoms. The maximum Gasteiger partial charge on any atom is 0.262 e. The summed E-state index contributed by atoms with van der Waals surface area (Å²) in [5, 5.41) is 6.87. The maximum absolute atomic E-state index is 12.2. The molecule has 0 fully saturated rings. The van der Waals surface area contributed by atoms with Crippen molar-refractivity contribution in [3.63, 3.8) is 0 Å². The number of carbonyl (C=O) groups excluding carboxylic acids is 1. The molecule has 4 nitrogen and oxygen atoms in total. The van der Waals surface area contributed by atoms with Crippen molar-refractivity contribution in [3.8, 4) is 5.75 Å². The van der Waals surface area contributed by atoms with Gasteiger partial charge >= 0.3 is 0 Å². The van der Waals surface area contributed by atoms with Crippen LogP contribution in [-0.4, -0.2) is 12.5 Å². The molecule has 0 aliphatic carbocycles. The molecule has 0 unspecified atom stereocenters. The van der Waals surface area contributed by atoms with E-state index in [0.29, 0.717) is 17.3 Å². The van der Waals surface area contributed by atoms with Crippen LogP contribution in [0.5, 0.6) is 5.75 Å². The van der Waals surface area contributed by atoms with E-state index < -0.39 is 0 Å². The van der Waals surface area contributed by atoms with Gasteiger partial charge in [0.05, 0.1) is 0 Å². The minimum atomic E-state index is -0.204. The summed E-state index contributed by atoms with van der Waals surface area (Å²) in [7, 11) is 0. The van der Waals surface area contributed by atoms with Crippen LogP contribution in [0, 0.1) is 6.92 Å². The van der Waals surface area contributed by atoms with E-state index in [2.05, 4.69) is 26.6 Å². The van der Waals surface area contributed by atoms with Crippen molar-refractivity contribution in [3.05, 3.63) is 87.4 Å². The molecule has 1 amide bonds. The highest BCUT2D eigenvalue weighted by atomic mass is 79.9. The predicted octanol–water partition coefficient (Wildman–Crippen LogP) is 6.04. The first-order valence-electron chi connectivity index (χ1n) is 8.77. The number of anilines is 2. The Morgan fingerprint density at radius 3 is 2.57 bits per heavy atom. The van der Waals surface area contributed by atoms with Crippen LogP contribution >= 0.6 is 27.5 Å². The van der Waals surface area contributed by atoms with Gasteiger partial charge in [-0.2, -0.15) is 0 Å². The van der Waals surface area contributed by atoms with Crippen molar-refractivity contribution in [1.29, 1.82) is 0 Å². The molecular formula is C22H20BrClN2O2. The molecule has 0 atom stereocenters. The molecule has 0 radical (unpaired) electrons. The third-order valence-corrected chi connectivity index (χ3v) is 4.76. The number of rotatable bonds is 7. The van der Waals surface area contributed by atoms with Crippen LogP contribution < -0.4 is 15.4 Å². The monoisotopic (exact) mass is 458 g/mol. The van der Waals surface area contributed by atoms with Gasteiger partial charge in [0, 0.05) is 33.0 Å². The zero-order valence-corrected chi connectivity index (χ0v) is 17.7. The van der Waals surface area contributed by atoms with E-state index in [1.807, 2.05) is 73.7 Å². The van der Waals surface area contributed by atoms with Gasteiger partial charge in [0.1, 0.15) is 5.75 Å². The van der Waals surface area contributed by atoms with Crippen LogP contribution in [0.1, 0.15) is 11.1 Å². The van der Waals surface area contributed by atoms with Crippen LogP contribution in [-0.2, 0) is 11.3 Å². The number of ether oxygens (including phenoxy) is 1. The average molecular weight is 460 g/mol. The second kappa shape index (κ2) is 9.62. The number of hydrogen-bond donors (Lipinski definition) is 2. The lowest BCUT2D eigenvalue weighted by atomic mass is 10.2. The number of carbonyl (C=O) groups is 1. The Kier molecular flexibility index (Phi) is 6.95. The van der Waals surface area contributed by atoms with Gasteiger partial charge in [0.15, 0.2) is 6.61 Å². The summed E-state index contributed by atoms with van der Waals surface area (Å²) in [6.07, 6.45) is 0. The first kappa shape index (κ1) is 20.2. The number of halogens is 2. The molecule has 28 heavy (non-hydrogen) atoms. The molecule has 0 bridgehead atoms. The third-order valence-electron chi connectivity index (χ3n) is 4.01. The lowest BCUT2D eigenvalue weighted by Crippen LogP contribution is -2.20. The fraction of sp³-hybridized carbons (Fsp3) is 0.136. The SMILES string of the molecule is Cc1cccc(NC(=O)COc2ccc(Br)cc2CNc2ccc(Cl)cc2)c1. The Hall–Kier alpha value is -2.50. The Morgan fingerprint density at radius 2 is 1.82 bits per heavy atom. The summed E-state index contributed by atoms with van der Waals surface area (Å²) in [6, 6.07) is 20.8. The maximum atomic E-state index is 12.2. The van der Waals surface area contributed by atoms with Crippen molar-refractivity contribution in [2.75, 3.05) is 17.2 Å². The molecule has 3 aromatic carbocycles. The fourth-order valence-electron chi connectivity index (χ4n) is 2.66. The smallest absolute Gasteiger partial charge is 0.262 e. The molecule has 144 valence electrons. The van der Waals surface area contributed by atoms with Crippen LogP contribution in [0.25, 0.3) is 0 Å². The van der Waals surface area contributed by atoms with E-state index in [-0.39, 0.29) is 12.5 Å². The summed E-state index contributed by atoms with van der Waals surface area (Å²) < 4.78 is 6.71. The minimum absolute atomic E-state index is 0.0660. The third kappa shape index (κ3) is 6.01. The Bertz CT molecular complexity index is 961. The standard InChI is InChI=1S/C22H20BrClN2O2/c1-15-3-2-4-20(11-15)26-22(27)14-28-21-10-5-17(23)12-16(21)13-25-19-8-6-18(24)7-9-19/h2-12,25H,13-14H2,1H3,(H,26,27). The summed E-state index contributed by atoms with van der Waals surface area (Å²) in [4.78, 5) is 12.2. The number of nitrogens with one attached hydrogen (secondary N) is 2. The van der Waals surface area contributed by atoms with Crippen LogP contribution in [0.15, 0.2) is 71.2 Å². The minimum Gasteiger partial charge on any atom is -0.483 e. The molecule has 0 saturated heterocycles. The molecule has 2 N–H and O–H groups in total. The number of amides is 1. The average Bonchev–Trinajstić information content (AvgIpc) is 2.67. The summed E-state index contributed by atoms with van der Waals surface area (Å²) in [5.41, 5.74) is 3.73. The van der Waals surface area contributed by atoms with Crippen LogP contribution in [0.4, 0.5) is 11.4 Å². The summed E-state index contributed by atoms with van der Waals surface area (Å²) >= 11 is 9.40. The van der Waals surface area contributed by atoms with E-state index in [1.54, 1.807) is 0 Å². The first-order chi connectivity index (χ1) is 13.5. The van der Waals surface area contributed by atoms with Crippen molar-refractivity contribution in [2.45, 2.75) is 13.5 Å². The highest BCUT2D eigenvalue weighted by Crippen LogP contribution is 2.25. The van der Waals surface area contributed by atoms with Gasteiger partial charge in [-0.25, -0.2) is 0 Å². The van der Waals surface area contributed by atoms with Gasteiger partial charge in [-0.15, -0.1) is 0 Å².